The fourth-order valence-electron chi connectivity index (χ4n) is 1.65. The third-order valence-corrected chi connectivity index (χ3v) is 4.44. The highest BCUT2D eigenvalue weighted by Crippen LogP contribution is 2.29. The highest BCUT2D eigenvalue weighted by molar-refractivity contribution is 14.1. The van der Waals surface area contributed by atoms with Gasteiger partial charge >= 0.3 is 0 Å². The fourth-order valence-corrected chi connectivity index (χ4v) is 3.36. The normalized spacial score (nSPS) is 10.9. The van der Waals surface area contributed by atoms with E-state index in [2.05, 4.69) is 65.1 Å². The van der Waals surface area contributed by atoms with Gasteiger partial charge in [-0.15, -0.1) is 11.3 Å². The van der Waals surface area contributed by atoms with Gasteiger partial charge in [-0.05, 0) is 46.9 Å². The Kier molecular flexibility index (Phi) is 4.55. The van der Waals surface area contributed by atoms with Crippen LogP contribution >= 0.6 is 33.9 Å². The van der Waals surface area contributed by atoms with Crippen molar-refractivity contribution < 1.29 is 0 Å². The second-order valence-electron chi connectivity index (χ2n) is 4.26. The van der Waals surface area contributed by atoms with Gasteiger partial charge in [-0.2, -0.15) is 0 Å². The van der Waals surface area contributed by atoms with Crippen molar-refractivity contribution in [2.75, 3.05) is 11.9 Å². The van der Waals surface area contributed by atoms with Gasteiger partial charge in [-0.25, -0.2) is 9.97 Å². The molecule has 0 fully saturated rings. The Hall–Kier alpha value is -0.690. The van der Waals surface area contributed by atoms with Crippen molar-refractivity contribution in [3.63, 3.8) is 0 Å². The van der Waals surface area contributed by atoms with Gasteiger partial charge in [0.15, 0.2) is 5.82 Å². The lowest BCUT2D eigenvalue weighted by Crippen LogP contribution is -2.08. The lowest BCUT2D eigenvalue weighted by atomic mass is 10.1. The Labute approximate surface area is 125 Å². The molecule has 2 aromatic rings. The molecule has 0 radical (unpaired) electrons. The third kappa shape index (κ3) is 2.83. The minimum absolute atomic E-state index is 0.399. The predicted octanol–water partition coefficient (Wildman–Crippen LogP) is 4.36. The van der Waals surface area contributed by atoms with Gasteiger partial charge in [0.2, 0.25) is 0 Å². The molecule has 0 spiro atoms. The number of nitrogens with one attached hydrogen (secondary N) is 1. The highest BCUT2D eigenvalue weighted by atomic mass is 127. The van der Waals surface area contributed by atoms with Crippen molar-refractivity contribution in [3.8, 4) is 10.7 Å². The van der Waals surface area contributed by atoms with Crippen molar-refractivity contribution in [3.05, 3.63) is 26.8 Å². The van der Waals surface area contributed by atoms with E-state index in [1.54, 1.807) is 11.3 Å². The molecule has 0 amide bonds. The van der Waals surface area contributed by atoms with E-state index in [9.17, 15) is 0 Å². The van der Waals surface area contributed by atoms with Crippen molar-refractivity contribution in [2.45, 2.75) is 26.7 Å². The molecule has 0 unspecified atom stereocenters. The van der Waals surface area contributed by atoms with Gasteiger partial charge in [0, 0.05) is 6.54 Å². The molecule has 0 bridgehead atoms. The largest absolute Gasteiger partial charge is 0.369 e. The number of rotatable bonds is 4. The molecule has 18 heavy (non-hydrogen) atoms. The average Bonchev–Trinajstić information content (AvgIpc) is 2.85. The molecule has 1 N–H and O–H groups in total. The summed E-state index contributed by atoms with van der Waals surface area (Å²) in [6, 6.07) is 4.09. The molecule has 2 rings (SSSR count). The van der Waals surface area contributed by atoms with Crippen LogP contribution in [0.1, 0.15) is 32.4 Å². The van der Waals surface area contributed by atoms with Crippen LogP contribution in [0.15, 0.2) is 17.5 Å². The van der Waals surface area contributed by atoms with Crippen LogP contribution in [-0.4, -0.2) is 16.5 Å². The number of halogens is 1. The first-order chi connectivity index (χ1) is 8.63. The van der Waals surface area contributed by atoms with Crippen molar-refractivity contribution >= 4 is 39.7 Å². The molecule has 0 atom stereocenters. The Morgan fingerprint density at radius 3 is 2.72 bits per heavy atom. The second kappa shape index (κ2) is 5.97. The van der Waals surface area contributed by atoms with E-state index in [0.29, 0.717) is 5.92 Å². The second-order valence-corrected chi connectivity index (χ2v) is 6.28. The van der Waals surface area contributed by atoms with Crippen LogP contribution in [0, 0.1) is 3.57 Å². The van der Waals surface area contributed by atoms with Crippen LogP contribution in [0.3, 0.4) is 0 Å². The molecule has 2 heterocycles. The molecule has 3 nitrogen and oxygen atoms in total. The average molecular weight is 373 g/mol. The minimum Gasteiger partial charge on any atom is -0.369 e. The van der Waals surface area contributed by atoms with Crippen LogP contribution in [0.5, 0.6) is 0 Å². The van der Waals surface area contributed by atoms with E-state index >= 15 is 0 Å². The lowest BCUT2D eigenvalue weighted by Gasteiger charge is -2.13. The molecule has 5 heteroatoms. The molecule has 0 aliphatic rings. The molecule has 0 saturated carbocycles. The summed E-state index contributed by atoms with van der Waals surface area (Å²) in [6.45, 7) is 7.28. The lowest BCUT2D eigenvalue weighted by molar-refractivity contribution is 0.809. The molecular formula is C13H16IN3S. The van der Waals surface area contributed by atoms with Gasteiger partial charge in [0.25, 0.3) is 0 Å². The van der Waals surface area contributed by atoms with Crippen molar-refractivity contribution in [2.24, 2.45) is 0 Å². The zero-order valence-corrected chi connectivity index (χ0v) is 13.7. The Balaban J connectivity index is 2.55. The summed E-state index contributed by atoms with van der Waals surface area (Å²) in [4.78, 5) is 10.5. The van der Waals surface area contributed by atoms with Crippen molar-refractivity contribution in [1.82, 2.24) is 9.97 Å². The van der Waals surface area contributed by atoms with Gasteiger partial charge in [-0.1, -0.05) is 19.9 Å². The maximum Gasteiger partial charge on any atom is 0.171 e. The van der Waals surface area contributed by atoms with Crippen LogP contribution in [-0.2, 0) is 0 Å². The summed E-state index contributed by atoms with van der Waals surface area (Å²) in [5, 5.41) is 5.37. The van der Waals surface area contributed by atoms with Crippen molar-refractivity contribution in [1.29, 1.82) is 0 Å². The van der Waals surface area contributed by atoms with E-state index in [0.717, 1.165) is 32.3 Å². The predicted molar refractivity (Wildman–Crippen MR) is 86.3 cm³/mol. The first-order valence-corrected chi connectivity index (χ1v) is 7.94. The van der Waals surface area contributed by atoms with Gasteiger partial charge in [0.05, 0.1) is 14.1 Å². The molecule has 0 aromatic carbocycles. The summed E-state index contributed by atoms with van der Waals surface area (Å²) >= 11 is 4.00. The van der Waals surface area contributed by atoms with E-state index in [1.165, 1.54) is 0 Å². The summed E-state index contributed by atoms with van der Waals surface area (Å²) in [6.07, 6.45) is 0. The third-order valence-electron chi connectivity index (χ3n) is 2.51. The van der Waals surface area contributed by atoms with E-state index in [1.807, 2.05) is 6.07 Å². The molecule has 0 aliphatic heterocycles. The van der Waals surface area contributed by atoms with Crippen LogP contribution < -0.4 is 5.32 Å². The van der Waals surface area contributed by atoms with Crippen LogP contribution in [0.2, 0.25) is 0 Å². The first-order valence-electron chi connectivity index (χ1n) is 5.98. The number of thiophene rings is 1. The topological polar surface area (TPSA) is 37.8 Å². The Bertz CT molecular complexity index is 523. The van der Waals surface area contributed by atoms with E-state index in [-0.39, 0.29) is 0 Å². The Morgan fingerprint density at radius 2 is 2.17 bits per heavy atom. The van der Waals surface area contributed by atoms with Crippen LogP contribution in [0.25, 0.3) is 10.7 Å². The molecule has 0 aliphatic carbocycles. The number of hydrogen-bond donors (Lipinski definition) is 1. The van der Waals surface area contributed by atoms with Gasteiger partial charge in [0.1, 0.15) is 5.82 Å². The Morgan fingerprint density at radius 1 is 1.39 bits per heavy atom. The SMILES string of the molecule is CCNc1nc(-c2cccs2)nc(C(C)C)c1I. The summed E-state index contributed by atoms with van der Waals surface area (Å²) in [5.41, 5.74) is 1.12. The molecule has 96 valence electrons. The quantitative estimate of drug-likeness (QED) is 0.809. The van der Waals surface area contributed by atoms with E-state index < -0.39 is 0 Å². The minimum atomic E-state index is 0.399. The molecule has 2 aromatic heterocycles. The van der Waals surface area contributed by atoms with E-state index in [4.69, 9.17) is 4.98 Å². The summed E-state index contributed by atoms with van der Waals surface area (Å²) in [5.74, 6) is 2.17. The highest BCUT2D eigenvalue weighted by Gasteiger charge is 2.15. The van der Waals surface area contributed by atoms with Gasteiger partial charge < -0.3 is 5.32 Å². The smallest absolute Gasteiger partial charge is 0.171 e. The number of anilines is 1. The maximum absolute atomic E-state index is 4.71. The number of nitrogens with zero attached hydrogens (tertiary/aromatic N) is 2. The number of hydrogen-bond acceptors (Lipinski definition) is 4. The summed E-state index contributed by atoms with van der Waals surface area (Å²) in [7, 11) is 0. The molecular weight excluding hydrogens is 357 g/mol. The van der Waals surface area contributed by atoms with Crippen LogP contribution in [0.4, 0.5) is 5.82 Å². The summed E-state index contributed by atoms with van der Waals surface area (Å²) < 4.78 is 1.13. The van der Waals surface area contributed by atoms with Gasteiger partial charge in [-0.3, -0.25) is 0 Å². The maximum atomic E-state index is 4.71. The fraction of sp³-hybridized carbons (Fsp3) is 0.385. The number of aromatic nitrogens is 2. The zero-order valence-electron chi connectivity index (χ0n) is 10.7. The zero-order chi connectivity index (χ0) is 13.1. The molecule has 0 saturated heterocycles. The first kappa shape index (κ1) is 13.7. The standard InChI is InChI=1S/C13H16IN3S/c1-4-15-13-10(14)11(8(2)3)16-12(17-13)9-6-5-7-18-9/h5-8H,4H2,1-3H3,(H,15,16,17). The monoisotopic (exact) mass is 373 g/mol.